The summed E-state index contributed by atoms with van der Waals surface area (Å²) in [5.41, 5.74) is 3.23. The van der Waals surface area contributed by atoms with Crippen LogP contribution >= 0.6 is 11.3 Å². The average molecular weight is 455 g/mol. The second-order valence-electron chi connectivity index (χ2n) is 7.78. The topological polar surface area (TPSA) is 80.4 Å². The van der Waals surface area contributed by atoms with Gasteiger partial charge in [0.2, 0.25) is 0 Å². The van der Waals surface area contributed by atoms with Crippen molar-refractivity contribution in [3.05, 3.63) is 80.0 Å². The summed E-state index contributed by atoms with van der Waals surface area (Å²) in [7, 11) is 3.86. The van der Waals surface area contributed by atoms with Crippen molar-refractivity contribution in [1.29, 1.82) is 0 Å². The molecule has 4 aromatic rings. The Labute approximate surface area is 188 Å². The SMILES string of the molecule is Cc1nc(Cc2ccc(F)cc2)sc1C(=O)Nc1ccc2oc(=O)n(CCN(C)C)c2c1. The van der Waals surface area contributed by atoms with E-state index < -0.39 is 5.76 Å². The van der Waals surface area contributed by atoms with Gasteiger partial charge in [-0.2, -0.15) is 0 Å². The zero-order valence-electron chi connectivity index (χ0n) is 18.0. The van der Waals surface area contributed by atoms with Crippen LogP contribution in [0.1, 0.15) is 25.9 Å². The van der Waals surface area contributed by atoms with E-state index in [2.05, 4.69) is 10.3 Å². The number of nitrogens with one attached hydrogen (secondary N) is 1. The van der Waals surface area contributed by atoms with Crippen molar-refractivity contribution < 1.29 is 13.6 Å². The first kappa shape index (κ1) is 21.9. The highest BCUT2D eigenvalue weighted by Gasteiger charge is 2.17. The van der Waals surface area contributed by atoms with Crippen LogP contribution in [-0.4, -0.2) is 41.0 Å². The van der Waals surface area contributed by atoms with Crippen molar-refractivity contribution in [2.45, 2.75) is 19.9 Å². The molecule has 32 heavy (non-hydrogen) atoms. The first-order valence-electron chi connectivity index (χ1n) is 10.1. The fraction of sp³-hybridized carbons (Fsp3) is 0.261. The van der Waals surface area contributed by atoms with Crippen LogP contribution in [0.2, 0.25) is 0 Å². The number of oxazole rings is 1. The Morgan fingerprint density at radius 2 is 1.97 bits per heavy atom. The van der Waals surface area contributed by atoms with Crippen LogP contribution in [0.5, 0.6) is 0 Å². The highest BCUT2D eigenvalue weighted by Crippen LogP contribution is 2.24. The second kappa shape index (κ2) is 9.05. The van der Waals surface area contributed by atoms with Crippen molar-refractivity contribution in [2.24, 2.45) is 0 Å². The lowest BCUT2D eigenvalue weighted by molar-refractivity contribution is 0.103. The first-order valence-corrected chi connectivity index (χ1v) is 10.9. The van der Waals surface area contributed by atoms with Crippen LogP contribution in [0.3, 0.4) is 0 Å². The van der Waals surface area contributed by atoms with Gasteiger partial charge in [-0.3, -0.25) is 9.36 Å². The Balaban J connectivity index is 1.53. The molecule has 0 unspecified atom stereocenters. The molecule has 0 aliphatic carbocycles. The molecule has 1 N–H and O–H groups in total. The molecule has 0 aliphatic heterocycles. The van der Waals surface area contributed by atoms with Crippen molar-refractivity contribution in [2.75, 3.05) is 26.0 Å². The van der Waals surface area contributed by atoms with Gasteiger partial charge in [0.25, 0.3) is 5.91 Å². The van der Waals surface area contributed by atoms with E-state index >= 15 is 0 Å². The van der Waals surface area contributed by atoms with Gasteiger partial charge in [-0.05, 0) is 56.9 Å². The predicted molar refractivity (Wildman–Crippen MR) is 123 cm³/mol. The molecule has 166 valence electrons. The lowest BCUT2D eigenvalue weighted by atomic mass is 10.1. The number of rotatable bonds is 7. The van der Waals surface area contributed by atoms with Crippen LogP contribution in [0.25, 0.3) is 11.1 Å². The summed E-state index contributed by atoms with van der Waals surface area (Å²) in [5.74, 6) is -0.977. The third-order valence-corrected chi connectivity index (χ3v) is 6.17. The van der Waals surface area contributed by atoms with Gasteiger partial charge >= 0.3 is 5.76 Å². The molecule has 0 radical (unpaired) electrons. The Kier molecular flexibility index (Phi) is 6.20. The minimum atomic E-state index is -0.422. The summed E-state index contributed by atoms with van der Waals surface area (Å²) in [6.45, 7) is 2.96. The molecule has 0 fully saturated rings. The molecule has 0 bridgehead atoms. The largest absolute Gasteiger partial charge is 0.419 e. The second-order valence-corrected chi connectivity index (χ2v) is 8.87. The van der Waals surface area contributed by atoms with Crippen LogP contribution in [0.15, 0.2) is 51.7 Å². The molecule has 9 heteroatoms. The molecule has 0 atom stereocenters. The van der Waals surface area contributed by atoms with E-state index in [-0.39, 0.29) is 11.7 Å². The number of halogens is 1. The quantitative estimate of drug-likeness (QED) is 0.458. The number of aryl methyl sites for hydroxylation is 1. The van der Waals surface area contributed by atoms with Gasteiger partial charge in [0, 0.05) is 25.2 Å². The van der Waals surface area contributed by atoms with E-state index in [1.807, 2.05) is 19.0 Å². The van der Waals surface area contributed by atoms with E-state index in [0.29, 0.717) is 46.9 Å². The number of fused-ring (bicyclic) bond motifs is 1. The minimum Gasteiger partial charge on any atom is -0.408 e. The van der Waals surface area contributed by atoms with Crippen molar-refractivity contribution >= 4 is 34.0 Å². The monoisotopic (exact) mass is 454 g/mol. The molecule has 0 saturated heterocycles. The number of likely N-dealkylation sites (N-methyl/N-ethyl adjacent to an activating group) is 1. The number of thiazole rings is 1. The fourth-order valence-corrected chi connectivity index (χ4v) is 4.35. The summed E-state index contributed by atoms with van der Waals surface area (Å²) in [6.07, 6.45) is 0.526. The molecule has 2 heterocycles. The maximum absolute atomic E-state index is 13.1. The highest BCUT2D eigenvalue weighted by molar-refractivity contribution is 7.14. The normalized spacial score (nSPS) is 11.4. The van der Waals surface area contributed by atoms with E-state index in [1.54, 1.807) is 41.8 Å². The smallest absolute Gasteiger partial charge is 0.408 e. The average Bonchev–Trinajstić information content (AvgIpc) is 3.26. The molecule has 0 saturated carbocycles. The third kappa shape index (κ3) is 4.79. The first-order chi connectivity index (χ1) is 15.3. The van der Waals surface area contributed by atoms with Gasteiger partial charge in [-0.1, -0.05) is 12.1 Å². The van der Waals surface area contributed by atoms with Gasteiger partial charge in [0.1, 0.15) is 10.7 Å². The predicted octanol–water partition coefficient (Wildman–Crippen LogP) is 3.90. The summed E-state index contributed by atoms with van der Waals surface area (Å²) < 4.78 is 20.0. The van der Waals surface area contributed by atoms with Crippen LogP contribution in [0, 0.1) is 12.7 Å². The van der Waals surface area contributed by atoms with Gasteiger partial charge in [-0.25, -0.2) is 14.2 Å². The van der Waals surface area contributed by atoms with Crippen molar-refractivity contribution in [1.82, 2.24) is 14.5 Å². The highest BCUT2D eigenvalue weighted by atomic mass is 32.1. The number of hydrogen-bond acceptors (Lipinski definition) is 6. The van der Waals surface area contributed by atoms with Crippen LogP contribution in [-0.2, 0) is 13.0 Å². The Hall–Kier alpha value is -3.30. The number of carbonyl (C=O) groups excluding carboxylic acids is 1. The van der Waals surface area contributed by atoms with Gasteiger partial charge < -0.3 is 14.6 Å². The maximum atomic E-state index is 13.1. The lowest BCUT2D eigenvalue weighted by Crippen LogP contribution is -2.23. The Morgan fingerprint density at radius 1 is 1.22 bits per heavy atom. The number of anilines is 1. The van der Waals surface area contributed by atoms with Crippen LogP contribution < -0.4 is 11.1 Å². The van der Waals surface area contributed by atoms with Gasteiger partial charge in [0.15, 0.2) is 5.58 Å². The van der Waals surface area contributed by atoms with E-state index in [0.717, 1.165) is 10.6 Å². The standard InChI is InChI=1S/C23H23FN4O3S/c1-14-21(32-20(25-14)12-15-4-6-16(24)7-5-15)22(29)26-17-8-9-19-18(13-17)28(23(30)31-19)11-10-27(2)3/h4-9,13H,10-12H2,1-3H3,(H,26,29). The van der Waals surface area contributed by atoms with Crippen LogP contribution in [0.4, 0.5) is 10.1 Å². The lowest BCUT2D eigenvalue weighted by Gasteiger charge is -2.10. The maximum Gasteiger partial charge on any atom is 0.419 e. The van der Waals surface area contributed by atoms with E-state index in [1.165, 1.54) is 23.5 Å². The molecule has 7 nitrogen and oxygen atoms in total. The third-order valence-electron chi connectivity index (χ3n) is 5.01. The molecule has 2 aromatic carbocycles. The zero-order valence-corrected chi connectivity index (χ0v) is 18.8. The molecular formula is C23H23FN4O3S. The summed E-state index contributed by atoms with van der Waals surface area (Å²) in [6, 6.07) is 11.4. The number of nitrogens with zero attached hydrogens (tertiary/aromatic N) is 3. The molecule has 1 amide bonds. The van der Waals surface area contributed by atoms with E-state index in [9.17, 15) is 14.0 Å². The van der Waals surface area contributed by atoms with Crippen molar-refractivity contribution in [3.8, 4) is 0 Å². The van der Waals surface area contributed by atoms with Gasteiger partial charge in [-0.15, -0.1) is 11.3 Å². The number of benzene rings is 2. The van der Waals surface area contributed by atoms with Crippen molar-refractivity contribution in [3.63, 3.8) is 0 Å². The Morgan fingerprint density at radius 3 is 2.69 bits per heavy atom. The fourth-order valence-electron chi connectivity index (χ4n) is 3.35. The molecular weight excluding hydrogens is 431 g/mol. The van der Waals surface area contributed by atoms with E-state index in [4.69, 9.17) is 4.42 Å². The molecule has 0 spiro atoms. The molecule has 4 rings (SSSR count). The van der Waals surface area contributed by atoms with Gasteiger partial charge in [0.05, 0.1) is 16.2 Å². The molecule has 2 aromatic heterocycles. The number of aromatic nitrogens is 2. The number of carbonyl (C=O) groups is 1. The molecule has 0 aliphatic rings. The summed E-state index contributed by atoms with van der Waals surface area (Å²) >= 11 is 1.31. The summed E-state index contributed by atoms with van der Waals surface area (Å²) in [4.78, 5) is 32.1. The minimum absolute atomic E-state index is 0.268. The summed E-state index contributed by atoms with van der Waals surface area (Å²) in [5, 5.41) is 3.67. The zero-order chi connectivity index (χ0) is 22.8. The number of amides is 1. The Bertz CT molecular complexity index is 1320. The number of hydrogen-bond donors (Lipinski definition) is 1.